The Labute approximate surface area is 109 Å². The molecule has 1 N–H and O–H groups in total. The van der Waals surface area contributed by atoms with E-state index in [0.29, 0.717) is 0 Å². The van der Waals surface area contributed by atoms with Crippen LogP contribution in [0.1, 0.15) is 30.9 Å². The highest BCUT2D eigenvalue weighted by Gasteiger charge is 2.21. The fourth-order valence-electron chi connectivity index (χ4n) is 2.06. The van der Waals surface area contributed by atoms with E-state index in [9.17, 15) is 0 Å². The monoisotopic (exact) mass is 249 g/mol. The van der Waals surface area contributed by atoms with Crippen molar-refractivity contribution in [3.63, 3.8) is 0 Å². The van der Waals surface area contributed by atoms with E-state index < -0.39 is 0 Å². The van der Waals surface area contributed by atoms with Crippen molar-refractivity contribution in [3.8, 4) is 5.75 Å². The Hall–Kier alpha value is -1.06. The van der Waals surface area contributed by atoms with Crippen LogP contribution in [-0.2, 0) is 4.74 Å². The predicted octanol–water partition coefficient (Wildman–Crippen LogP) is 2.77. The van der Waals surface area contributed by atoms with Crippen LogP contribution < -0.4 is 10.1 Å². The van der Waals surface area contributed by atoms with E-state index in [0.717, 1.165) is 24.8 Å². The van der Waals surface area contributed by atoms with Crippen LogP contribution in [0.3, 0.4) is 0 Å². The summed E-state index contributed by atoms with van der Waals surface area (Å²) in [5.41, 5.74) is 1.21. The van der Waals surface area contributed by atoms with E-state index in [-0.39, 0.29) is 6.10 Å². The van der Waals surface area contributed by atoms with Crippen molar-refractivity contribution in [1.82, 2.24) is 5.32 Å². The molecule has 3 nitrogen and oxygen atoms in total. The van der Waals surface area contributed by atoms with Crippen molar-refractivity contribution in [3.05, 3.63) is 29.8 Å². The minimum Gasteiger partial charge on any atom is -0.497 e. The van der Waals surface area contributed by atoms with E-state index in [1.54, 1.807) is 7.11 Å². The van der Waals surface area contributed by atoms with Gasteiger partial charge >= 0.3 is 0 Å². The lowest BCUT2D eigenvalue weighted by atomic mass is 10.1. The number of benzene rings is 1. The first-order valence-electron chi connectivity index (χ1n) is 6.73. The third-order valence-electron chi connectivity index (χ3n) is 3.42. The molecule has 0 aromatic heterocycles. The number of likely N-dealkylation sites (N-methyl/N-ethyl adjacent to an activating group) is 1. The molecule has 0 spiro atoms. The quantitative estimate of drug-likeness (QED) is 0.768. The second kappa shape index (κ2) is 6.76. The molecule has 2 rings (SSSR count). The van der Waals surface area contributed by atoms with E-state index in [1.807, 2.05) is 19.2 Å². The minimum absolute atomic E-state index is 0.139. The summed E-state index contributed by atoms with van der Waals surface area (Å²) in [6.07, 6.45) is 4.13. The molecule has 1 unspecified atom stereocenters. The van der Waals surface area contributed by atoms with Crippen molar-refractivity contribution in [1.29, 1.82) is 0 Å². The lowest BCUT2D eigenvalue weighted by Crippen LogP contribution is -2.20. The number of hydrogen-bond donors (Lipinski definition) is 1. The van der Waals surface area contributed by atoms with Gasteiger partial charge in [0.15, 0.2) is 0 Å². The van der Waals surface area contributed by atoms with Crippen LogP contribution in [0.4, 0.5) is 0 Å². The largest absolute Gasteiger partial charge is 0.497 e. The molecule has 18 heavy (non-hydrogen) atoms. The maximum Gasteiger partial charge on any atom is 0.118 e. The smallest absolute Gasteiger partial charge is 0.118 e. The molecule has 0 aliphatic heterocycles. The molecule has 0 bridgehead atoms. The highest BCUT2D eigenvalue weighted by molar-refractivity contribution is 5.28. The van der Waals surface area contributed by atoms with Crippen molar-refractivity contribution >= 4 is 0 Å². The van der Waals surface area contributed by atoms with E-state index in [4.69, 9.17) is 9.47 Å². The first-order valence-corrected chi connectivity index (χ1v) is 6.73. The summed E-state index contributed by atoms with van der Waals surface area (Å²) in [4.78, 5) is 0. The average Bonchev–Trinajstić information content (AvgIpc) is 3.22. The zero-order valence-electron chi connectivity index (χ0n) is 11.3. The maximum absolute atomic E-state index is 5.99. The van der Waals surface area contributed by atoms with Crippen LogP contribution >= 0.6 is 0 Å². The number of ether oxygens (including phenoxy) is 2. The SMILES string of the molecule is CNCC(OCCC1CC1)c1ccc(OC)cc1. The first kappa shape index (κ1) is 13.4. The van der Waals surface area contributed by atoms with Gasteiger partial charge in [-0.1, -0.05) is 25.0 Å². The molecule has 3 heteroatoms. The zero-order chi connectivity index (χ0) is 12.8. The Morgan fingerprint density at radius 1 is 1.28 bits per heavy atom. The molecule has 1 atom stereocenters. The summed E-state index contributed by atoms with van der Waals surface area (Å²) in [6.45, 7) is 1.71. The summed E-state index contributed by atoms with van der Waals surface area (Å²) in [7, 11) is 3.65. The van der Waals surface area contributed by atoms with Gasteiger partial charge in [0.25, 0.3) is 0 Å². The molecule has 100 valence electrons. The molecule has 0 heterocycles. The van der Waals surface area contributed by atoms with Crippen LogP contribution in [0.5, 0.6) is 5.75 Å². The molecular weight excluding hydrogens is 226 g/mol. The van der Waals surface area contributed by atoms with Crippen LogP contribution in [0, 0.1) is 5.92 Å². The van der Waals surface area contributed by atoms with Crippen LogP contribution in [0.15, 0.2) is 24.3 Å². The zero-order valence-corrected chi connectivity index (χ0v) is 11.3. The highest BCUT2D eigenvalue weighted by atomic mass is 16.5. The molecule has 0 amide bonds. The maximum atomic E-state index is 5.99. The molecule has 0 saturated heterocycles. The summed E-state index contributed by atoms with van der Waals surface area (Å²) < 4.78 is 11.2. The molecule has 1 saturated carbocycles. The van der Waals surface area contributed by atoms with E-state index in [2.05, 4.69) is 17.4 Å². The van der Waals surface area contributed by atoms with Crippen molar-refractivity contribution in [2.45, 2.75) is 25.4 Å². The third kappa shape index (κ3) is 4.00. The van der Waals surface area contributed by atoms with Gasteiger partial charge in [0.2, 0.25) is 0 Å². The van der Waals surface area contributed by atoms with Gasteiger partial charge in [-0.3, -0.25) is 0 Å². The molecular formula is C15H23NO2. The molecule has 0 radical (unpaired) electrons. The predicted molar refractivity (Wildman–Crippen MR) is 73.0 cm³/mol. The summed E-state index contributed by atoms with van der Waals surface area (Å²) >= 11 is 0. The van der Waals surface area contributed by atoms with Crippen LogP contribution in [0.2, 0.25) is 0 Å². The van der Waals surface area contributed by atoms with Crippen LogP contribution in [0.25, 0.3) is 0 Å². The average molecular weight is 249 g/mol. The lowest BCUT2D eigenvalue weighted by molar-refractivity contribution is 0.0498. The Balaban J connectivity index is 1.88. The number of nitrogens with one attached hydrogen (secondary N) is 1. The molecule has 1 aliphatic rings. The topological polar surface area (TPSA) is 30.5 Å². The van der Waals surface area contributed by atoms with E-state index >= 15 is 0 Å². The third-order valence-corrected chi connectivity index (χ3v) is 3.42. The van der Waals surface area contributed by atoms with Crippen molar-refractivity contribution < 1.29 is 9.47 Å². The Morgan fingerprint density at radius 2 is 2.00 bits per heavy atom. The summed E-state index contributed by atoms with van der Waals surface area (Å²) in [6, 6.07) is 8.14. The van der Waals surface area contributed by atoms with E-state index in [1.165, 1.54) is 24.8 Å². The standard InChI is InChI=1S/C15H23NO2/c1-16-11-15(18-10-9-12-3-4-12)13-5-7-14(17-2)8-6-13/h5-8,12,15-16H,3-4,9-11H2,1-2H3. The summed E-state index contributed by atoms with van der Waals surface area (Å²) in [5, 5.41) is 3.19. The fourth-order valence-corrected chi connectivity index (χ4v) is 2.06. The second-order valence-corrected chi connectivity index (χ2v) is 4.92. The molecule has 1 aliphatic carbocycles. The molecule has 1 fully saturated rings. The van der Waals surface area contributed by atoms with Gasteiger partial charge in [-0.05, 0) is 37.1 Å². The first-order chi connectivity index (χ1) is 8.83. The number of rotatable bonds is 8. The van der Waals surface area contributed by atoms with Gasteiger partial charge in [0.05, 0.1) is 13.2 Å². The van der Waals surface area contributed by atoms with Gasteiger partial charge < -0.3 is 14.8 Å². The Kier molecular flexibility index (Phi) is 5.02. The minimum atomic E-state index is 0.139. The Morgan fingerprint density at radius 3 is 2.56 bits per heavy atom. The lowest BCUT2D eigenvalue weighted by Gasteiger charge is -2.18. The fraction of sp³-hybridized carbons (Fsp3) is 0.600. The second-order valence-electron chi connectivity index (χ2n) is 4.92. The Bertz CT molecular complexity index is 346. The van der Waals surface area contributed by atoms with Gasteiger partial charge in [-0.15, -0.1) is 0 Å². The summed E-state index contributed by atoms with van der Waals surface area (Å²) in [5.74, 6) is 1.82. The van der Waals surface area contributed by atoms with Gasteiger partial charge in [-0.25, -0.2) is 0 Å². The highest BCUT2D eigenvalue weighted by Crippen LogP contribution is 2.32. The normalized spacial score (nSPS) is 16.6. The van der Waals surface area contributed by atoms with Gasteiger partial charge in [0, 0.05) is 13.2 Å². The number of methoxy groups -OCH3 is 1. The molecule has 1 aromatic carbocycles. The van der Waals surface area contributed by atoms with Crippen molar-refractivity contribution in [2.24, 2.45) is 5.92 Å². The number of hydrogen-bond acceptors (Lipinski definition) is 3. The van der Waals surface area contributed by atoms with Gasteiger partial charge in [0.1, 0.15) is 5.75 Å². The molecule has 1 aromatic rings. The van der Waals surface area contributed by atoms with Gasteiger partial charge in [-0.2, -0.15) is 0 Å². The van der Waals surface area contributed by atoms with Crippen molar-refractivity contribution in [2.75, 3.05) is 27.3 Å². The van der Waals surface area contributed by atoms with Crippen LogP contribution in [-0.4, -0.2) is 27.3 Å².